The van der Waals surface area contributed by atoms with Gasteiger partial charge in [-0.05, 0) is 14.0 Å². The van der Waals surface area contributed by atoms with Gasteiger partial charge in [-0.25, -0.2) is 0 Å². The maximum Gasteiger partial charge on any atom is 0.221 e. The van der Waals surface area contributed by atoms with Crippen LogP contribution in [-0.2, 0) is 9.53 Å². The van der Waals surface area contributed by atoms with Crippen LogP contribution < -0.4 is 10.6 Å². The van der Waals surface area contributed by atoms with Gasteiger partial charge in [-0.1, -0.05) is 0 Å². The number of amides is 1. The predicted molar refractivity (Wildman–Crippen MR) is 56.5 cm³/mol. The highest BCUT2D eigenvalue weighted by Gasteiger charge is 2.39. The van der Waals surface area contributed by atoms with Crippen LogP contribution in [0.1, 0.15) is 19.8 Å². The van der Waals surface area contributed by atoms with E-state index >= 15 is 0 Å². The molecular weight excluding hydrogens is 196 g/mol. The van der Waals surface area contributed by atoms with E-state index in [0.717, 1.165) is 0 Å². The third kappa shape index (κ3) is 3.44. The van der Waals surface area contributed by atoms with E-state index in [-0.39, 0.29) is 18.6 Å². The molecule has 1 fully saturated rings. The van der Waals surface area contributed by atoms with Crippen LogP contribution in [-0.4, -0.2) is 49.5 Å². The molecule has 5 nitrogen and oxygen atoms in total. The first kappa shape index (κ1) is 12.4. The quantitative estimate of drug-likeness (QED) is 0.565. The zero-order valence-corrected chi connectivity index (χ0v) is 9.38. The Hall–Kier alpha value is -0.650. The van der Waals surface area contributed by atoms with E-state index in [1.807, 2.05) is 6.92 Å². The van der Waals surface area contributed by atoms with E-state index in [4.69, 9.17) is 4.74 Å². The van der Waals surface area contributed by atoms with Crippen molar-refractivity contribution in [2.45, 2.75) is 31.5 Å². The molecule has 1 aliphatic rings. The third-order valence-corrected chi connectivity index (χ3v) is 2.85. The van der Waals surface area contributed by atoms with Gasteiger partial charge in [-0.2, -0.15) is 0 Å². The van der Waals surface area contributed by atoms with Crippen molar-refractivity contribution < 1.29 is 14.6 Å². The van der Waals surface area contributed by atoms with Crippen molar-refractivity contribution in [1.29, 1.82) is 0 Å². The van der Waals surface area contributed by atoms with Gasteiger partial charge in [-0.3, -0.25) is 4.79 Å². The predicted octanol–water partition coefficient (Wildman–Crippen LogP) is -0.748. The first-order chi connectivity index (χ1) is 7.08. The molecule has 1 heterocycles. The maximum atomic E-state index is 11.3. The lowest BCUT2D eigenvalue weighted by atomic mass is 9.97. The molecule has 15 heavy (non-hydrogen) atoms. The highest BCUT2D eigenvalue weighted by molar-refractivity contribution is 5.76. The van der Waals surface area contributed by atoms with Gasteiger partial charge in [0.05, 0.1) is 6.10 Å². The van der Waals surface area contributed by atoms with Crippen molar-refractivity contribution in [2.24, 2.45) is 0 Å². The zero-order chi connectivity index (χ0) is 11.3. The Morgan fingerprint density at radius 3 is 2.93 bits per heavy atom. The summed E-state index contributed by atoms with van der Waals surface area (Å²) in [5, 5.41) is 15.7. The molecule has 0 aromatic rings. The Balaban J connectivity index is 2.26. The molecule has 0 aromatic carbocycles. The normalized spacial score (nSPS) is 30.5. The molecule has 1 amide bonds. The van der Waals surface area contributed by atoms with Gasteiger partial charge in [0.1, 0.15) is 5.60 Å². The lowest BCUT2D eigenvalue weighted by Crippen LogP contribution is -2.47. The van der Waals surface area contributed by atoms with Crippen LogP contribution in [0.5, 0.6) is 0 Å². The summed E-state index contributed by atoms with van der Waals surface area (Å²) in [4.78, 5) is 11.3. The van der Waals surface area contributed by atoms with Crippen LogP contribution in [0.15, 0.2) is 0 Å². The Morgan fingerprint density at radius 2 is 2.40 bits per heavy atom. The van der Waals surface area contributed by atoms with Crippen LogP contribution in [0, 0.1) is 0 Å². The monoisotopic (exact) mass is 216 g/mol. The van der Waals surface area contributed by atoms with Crippen LogP contribution in [0.2, 0.25) is 0 Å². The minimum absolute atomic E-state index is 0.0446. The average molecular weight is 216 g/mol. The molecule has 0 bridgehead atoms. The fourth-order valence-corrected chi connectivity index (χ4v) is 1.58. The SMILES string of the molecule is CNCCC(=O)NCC1(O)CCOC1C. The van der Waals surface area contributed by atoms with Crippen LogP contribution in [0.3, 0.4) is 0 Å². The lowest BCUT2D eigenvalue weighted by molar-refractivity contribution is -0.122. The van der Waals surface area contributed by atoms with Gasteiger partial charge < -0.3 is 20.5 Å². The Morgan fingerprint density at radius 1 is 1.67 bits per heavy atom. The van der Waals surface area contributed by atoms with Gasteiger partial charge in [0.15, 0.2) is 0 Å². The van der Waals surface area contributed by atoms with E-state index in [1.165, 1.54) is 0 Å². The second kappa shape index (κ2) is 5.44. The van der Waals surface area contributed by atoms with Crippen molar-refractivity contribution in [3.8, 4) is 0 Å². The molecule has 1 rings (SSSR count). The maximum absolute atomic E-state index is 11.3. The van der Waals surface area contributed by atoms with Crippen LogP contribution >= 0.6 is 0 Å². The summed E-state index contributed by atoms with van der Waals surface area (Å²) in [6.45, 7) is 3.31. The number of carbonyl (C=O) groups excluding carboxylic acids is 1. The van der Waals surface area contributed by atoms with E-state index in [2.05, 4.69) is 10.6 Å². The number of ether oxygens (including phenoxy) is 1. The highest BCUT2D eigenvalue weighted by Crippen LogP contribution is 2.24. The van der Waals surface area contributed by atoms with Crippen LogP contribution in [0.4, 0.5) is 0 Å². The molecule has 0 aromatic heterocycles. The van der Waals surface area contributed by atoms with E-state index in [0.29, 0.717) is 26.0 Å². The first-order valence-corrected chi connectivity index (χ1v) is 5.34. The minimum Gasteiger partial charge on any atom is -0.385 e. The summed E-state index contributed by atoms with van der Waals surface area (Å²) in [5.41, 5.74) is -0.894. The molecule has 88 valence electrons. The number of aliphatic hydroxyl groups is 1. The van der Waals surface area contributed by atoms with Gasteiger partial charge in [0.2, 0.25) is 5.91 Å². The first-order valence-electron chi connectivity index (χ1n) is 5.34. The van der Waals surface area contributed by atoms with Gasteiger partial charge in [0.25, 0.3) is 0 Å². The molecule has 1 saturated heterocycles. The summed E-state index contributed by atoms with van der Waals surface area (Å²) < 4.78 is 5.27. The summed E-state index contributed by atoms with van der Waals surface area (Å²) >= 11 is 0. The molecule has 0 radical (unpaired) electrons. The van der Waals surface area contributed by atoms with E-state index in [9.17, 15) is 9.90 Å². The van der Waals surface area contributed by atoms with Gasteiger partial charge in [-0.15, -0.1) is 0 Å². The molecular formula is C10H20N2O3. The van der Waals surface area contributed by atoms with Crippen molar-refractivity contribution in [3.05, 3.63) is 0 Å². The molecule has 0 spiro atoms. The van der Waals surface area contributed by atoms with E-state index in [1.54, 1.807) is 7.05 Å². The standard InChI is InChI=1S/C10H20N2O3/c1-8-10(14,4-6-15-8)7-12-9(13)3-5-11-2/h8,11,14H,3-7H2,1-2H3,(H,12,13). The zero-order valence-electron chi connectivity index (χ0n) is 9.38. The molecule has 2 atom stereocenters. The largest absolute Gasteiger partial charge is 0.385 e. The summed E-state index contributed by atoms with van der Waals surface area (Å²) in [6, 6.07) is 0. The Bertz CT molecular complexity index is 223. The van der Waals surface area contributed by atoms with Crippen molar-refractivity contribution >= 4 is 5.91 Å². The average Bonchev–Trinajstić information content (AvgIpc) is 2.54. The molecule has 0 saturated carbocycles. The summed E-state index contributed by atoms with van der Waals surface area (Å²) in [5.74, 6) is -0.0446. The van der Waals surface area contributed by atoms with Crippen molar-refractivity contribution in [1.82, 2.24) is 10.6 Å². The van der Waals surface area contributed by atoms with Crippen molar-refractivity contribution in [2.75, 3.05) is 26.7 Å². The number of hydrogen-bond donors (Lipinski definition) is 3. The lowest BCUT2D eigenvalue weighted by Gasteiger charge is -2.26. The molecule has 2 unspecified atom stereocenters. The fourth-order valence-electron chi connectivity index (χ4n) is 1.58. The molecule has 0 aliphatic carbocycles. The Kier molecular flexibility index (Phi) is 4.50. The number of hydrogen-bond acceptors (Lipinski definition) is 4. The minimum atomic E-state index is -0.894. The Labute approximate surface area is 90.2 Å². The number of nitrogens with one attached hydrogen (secondary N) is 2. The summed E-state index contributed by atoms with van der Waals surface area (Å²) in [6.07, 6.45) is 0.810. The molecule has 5 heteroatoms. The molecule has 3 N–H and O–H groups in total. The topological polar surface area (TPSA) is 70.6 Å². The van der Waals surface area contributed by atoms with Crippen LogP contribution in [0.25, 0.3) is 0 Å². The summed E-state index contributed by atoms with van der Waals surface area (Å²) in [7, 11) is 1.80. The smallest absolute Gasteiger partial charge is 0.221 e. The highest BCUT2D eigenvalue weighted by atomic mass is 16.5. The van der Waals surface area contributed by atoms with Gasteiger partial charge in [0, 0.05) is 32.5 Å². The second-order valence-electron chi connectivity index (χ2n) is 4.00. The second-order valence-corrected chi connectivity index (χ2v) is 4.00. The molecule has 1 aliphatic heterocycles. The van der Waals surface area contributed by atoms with Gasteiger partial charge >= 0.3 is 0 Å². The number of rotatable bonds is 5. The number of carbonyl (C=O) groups is 1. The van der Waals surface area contributed by atoms with E-state index < -0.39 is 5.60 Å². The van der Waals surface area contributed by atoms with Crippen molar-refractivity contribution in [3.63, 3.8) is 0 Å². The third-order valence-electron chi connectivity index (χ3n) is 2.85. The fraction of sp³-hybridized carbons (Fsp3) is 0.900.